The number of hydrogen-bond donors (Lipinski definition) is 3. The minimum absolute atomic E-state index is 0.0471. The zero-order valence-electron chi connectivity index (χ0n) is 7.91. The first kappa shape index (κ1) is 10.7. The second-order valence-corrected chi connectivity index (χ2v) is 2.89. The summed E-state index contributed by atoms with van der Waals surface area (Å²) in [5, 5.41) is 20.1. The Morgan fingerprint density at radius 2 is 2.36 bits per heavy atom. The van der Waals surface area contributed by atoms with Gasteiger partial charge in [0, 0.05) is 6.54 Å². The highest BCUT2D eigenvalue weighted by Crippen LogP contribution is 2.14. The van der Waals surface area contributed by atoms with Crippen molar-refractivity contribution in [1.29, 1.82) is 0 Å². The molecule has 14 heavy (non-hydrogen) atoms. The number of aliphatic hydroxyl groups excluding tert-OH is 1. The normalized spacial score (nSPS) is 10.4. The number of aromatic carboxylic acids is 1. The largest absolute Gasteiger partial charge is 0.478 e. The zero-order chi connectivity index (χ0) is 10.6. The van der Waals surface area contributed by atoms with Crippen LogP contribution in [0.3, 0.4) is 0 Å². The number of aliphatic hydroxyl groups is 1. The molecule has 0 unspecified atom stereocenters. The first-order valence-electron chi connectivity index (χ1n) is 4.29. The lowest BCUT2D eigenvalue weighted by Gasteiger charge is -1.97. The van der Waals surface area contributed by atoms with Crippen LogP contribution in [0.25, 0.3) is 0 Å². The van der Waals surface area contributed by atoms with Crippen LogP contribution in [0.4, 0.5) is 0 Å². The first-order valence-corrected chi connectivity index (χ1v) is 4.29. The number of carbonyl (C=O) groups is 1. The summed E-state index contributed by atoms with van der Waals surface area (Å²) in [6, 6.07) is 1.49. The van der Waals surface area contributed by atoms with Crippen LogP contribution >= 0.6 is 0 Å². The summed E-state index contributed by atoms with van der Waals surface area (Å²) in [5.74, 6) is -0.0219. The molecule has 0 bridgehead atoms. The molecule has 5 heteroatoms. The smallest absolute Gasteiger partial charge is 0.339 e. The Hall–Kier alpha value is -1.33. The summed E-state index contributed by atoms with van der Waals surface area (Å²) >= 11 is 0. The van der Waals surface area contributed by atoms with E-state index >= 15 is 0 Å². The highest BCUT2D eigenvalue weighted by molar-refractivity contribution is 5.88. The van der Waals surface area contributed by atoms with Gasteiger partial charge in [0.15, 0.2) is 0 Å². The van der Waals surface area contributed by atoms with Gasteiger partial charge in [-0.1, -0.05) is 0 Å². The van der Waals surface area contributed by atoms with Gasteiger partial charge in [-0.3, -0.25) is 0 Å². The van der Waals surface area contributed by atoms with Gasteiger partial charge in [-0.05, 0) is 13.0 Å². The molecule has 0 aliphatic carbocycles. The van der Waals surface area contributed by atoms with Crippen LogP contribution in [0.15, 0.2) is 10.5 Å². The number of nitrogens with one attached hydrogen (secondary N) is 1. The van der Waals surface area contributed by atoms with Gasteiger partial charge in [0.2, 0.25) is 0 Å². The standard InChI is InChI=1S/C9H13NO4/c1-6-8(9(12)13)4-7(14-6)5-10-2-3-11/h4,10-11H,2-3,5H2,1H3,(H,12,13). The van der Waals surface area contributed by atoms with Crippen molar-refractivity contribution in [1.82, 2.24) is 5.32 Å². The molecule has 78 valence electrons. The third-order valence-corrected chi connectivity index (χ3v) is 1.79. The lowest BCUT2D eigenvalue weighted by Crippen LogP contribution is -2.16. The van der Waals surface area contributed by atoms with Gasteiger partial charge in [0.25, 0.3) is 0 Å². The zero-order valence-corrected chi connectivity index (χ0v) is 7.91. The molecule has 0 aromatic carbocycles. The first-order chi connectivity index (χ1) is 6.65. The summed E-state index contributed by atoms with van der Waals surface area (Å²) in [4.78, 5) is 10.6. The van der Waals surface area contributed by atoms with Crippen molar-refractivity contribution in [2.24, 2.45) is 0 Å². The van der Waals surface area contributed by atoms with Gasteiger partial charge < -0.3 is 19.9 Å². The van der Waals surface area contributed by atoms with Crippen LogP contribution in [-0.4, -0.2) is 29.3 Å². The van der Waals surface area contributed by atoms with E-state index in [2.05, 4.69) is 5.32 Å². The van der Waals surface area contributed by atoms with Crippen LogP contribution < -0.4 is 5.32 Å². The number of aryl methyl sites for hydroxylation is 1. The van der Waals surface area contributed by atoms with Crippen molar-refractivity contribution in [3.8, 4) is 0 Å². The van der Waals surface area contributed by atoms with E-state index in [9.17, 15) is 4.79 Å². The molecular formula is C9H13NO4. The molecule has 0 atom stereocenters. The third-order valence-electron chi connectivity index (χ3n) is 1.79. The Morgan fingerprint density at radius 3 is 2.86 bits per heavy atom. The van der Waals surface area contributed by atoms with Crippen molar-refractivity contribution in [2.75, 3.05) is 13.2 Å². The van der Waals surface area contributed by atoms with Gasteiger partial charge in [-0.15, -0.1) is 0 Å². The van der Waals surface area contributed by atoms with E-state index in [-0.39, 0.29) is 12.2 Å². The number of furan rings is 1. The maximum absolute atomic E-state index is 10.6. The molecule has 0 saturated heterocycles. The number of hydrogen-bond acceptors (Lipinski definition) is 4. The topological polar surface area (TPSA) is 82.7 Å². The van der Waals surface area contributed by atoms with Crippen molar-refractivity contribution in [3.05, 3.63) is 23.2 Å². The fourth-order valence-corrected chi connectivity index (χ4v) is 1.13. The second-order valence-electron chi connectivity index (χ2n) is 2.89. The van der Waals surface area contributed by atoms with Crippen molar-refractivity contribution in [3.63, 3.8) is 0 Å². The molecule has 0 spiro atoms. The number of carboxylic acids is 1. The van der Waals surface area contributed by atoms with Gasteiger partial charge in [0.05, 0.1) is 13.2 Å². The van der Waals surface area contributed by atoms with Gasteiger partial charge in [0.1, 0.15) is 17.1 Å². The molecule has 3 N–H and O–H groups in total. The fraction of sp³-hybridized carbons (Fsp3) is 0.444. The van der Waals surface area contributed by atoms with Crippen LogP contribution in [0, 0.1) is 6.92 Å². The fourth-order valence-electron chi connectivity index (χ4n) is 1.13. The Bertz CT molecular complexity index is 319. The molecule has 0 aliphatic heterocycles. The number of rotatable bonds is 5. The van der Waals surface area contributed by atoms with Gasteiger partial charge in [-0.2, -0.15) is 0 Å². The number of carboxylic acid groups (broad SMARTS) is 1. The molecule has 5 nitrogen and oxygen atoms in total. The minimum atomic E-state index is -0.986. The van der Waals surface area contributed by atoms with Crippen LogP contribution in [-0.2, 0) is 6.54 Å². The quantitative estimate of drug-likeness (QED) is 0.597. The van der Waals surface area contributed by atoms with Crippen molar-refractivity contribution < 1.29 is 19.4 Å². The SMILES string of the molecule is Cc1oc(CNCCO)cc1C(=O)O. The Balaban J connectivity index is 2.62. The summed E-state index contributed by atoms with van der Waals surface area (Å²) in [7, 11) is 0. The summed E-state index contributed by atoms with van der Waals surface area (Å²) in [6.45, 7) is 2.54. The summed E-state index contributed by atoms with van der Waals surface area (Å²) in [6.07, 6.45) is 0. The van der Waals surface area contributed by atoms with E-state index < -0.39 is 5.97 Å². The summed E-state index contributed by atoms with van der Waals surface area (Å²) < 4.78 is 5.20. The Kier molecular flexibility index (Phi) is 3.67. The average Bonchev–Trinajstić information content (AvgIpc) is 2.47. The minimum Gasteiger partial charge on any atom is -0.478 e. The summed E-state index contributed by atoms with van der Waals surface area (Å²) in [5.41, 5.74) is 0.186. The maximum Gasteiger partial charge on any atom is 0.339 e. The molecule has 1 heterocycles. The molecule has 1 rings (SSSR count). The molecular weight excluding hydrogens is 186 g/mol. The van der Waals surface area contributed by atoms with Gasteiger partial charge >= 0.3 is 5.97 Å². The van der Waals surface area contributed by atoms with Crippen LogP contribution in [0.1, 0.15) is 21.9 Å². The van der Waals surface area contributed by atoms with E-state index in [1.807, 2.05) is 0 Å². The highest BCUT2D eigenvalue weighted by atomic mass is 16.4. The van der Waals surface area contributed by atoms with E-state index in [1.165, 1.54) is 6.07 Å². The average molecular weight is 199 g/mol. The molecule has 0 saturated carbocycles. The predicted molar refractivity (Wildman–Crippen MR) is 49.2 cm³/mol. The molecule has 1 aromatic heterocycles. The van der Waals surface area contributed by atoms with Crippen molar-refractivity contribution in [2.45, 2.75) is 13.5 Å². The lowest BCUT2D eigenvalue weighted by atomic mass is 10.2. The second kappa shape index (κ2) is 4.78. The van der Waals surface area contributed by atoms with E-state index in [1.54, 1.807) is 6.92 Å². The lowest BCUT2D eigenvalue weighted by molar-refractivity contribution is 0.0695. The molecule has 0 amide bonds. The van der Waals surface area contributed by atoms with Gasteiger partial charge in [-0.25, -0.2) is 4.79 Å². The highest BCUT2D eigenvalue weighted by Gasteiger charge is 2.12. The van der Waals surface area contributed by atoms with Crippen LogP contribution in [0.5, 0.6) is 0 Å². The van der Waals surface area contributed by atoms with E-state index in [0.29, 0.717) is 24.6 Å². The van der Waals surface area contributed by atoms with E-state index in [0.717, 1.165) is 0 Å². The van der Waals surface area contributed by atoms with Crippen LogP contribution in [0.2, 0.25) is 0 Å². The molecule has 1 aromatic rings. The Morgan fingerprint density at radius 1 is 1.64 bits per heavy atom. The predicted octanol–water partition coefficient (Wildman–Crippen LogP) is 0.368. The third kappa shape index (κ3) is 2.58. The molecule has 0 aliphatic rings. The Labute approximate surface area is 81.4 Å². The molecule has 0 radical (unpaired) electrons. The monoisotopic (exact) mass is 199 g/mol. The van der Waals surface area contributed by atoms with Crippen molar-refractivity contribution >= 4 is 5.97 Å². The maximum atomic E-state index is 10.6. The molecule has 0 fully saturated rings. The van der Waals surface area contributed by atoms with E-state index in [4.69, 9.17) is 14.6 Å².